The topological polar surface area (TPSA) is 41.6 Å². The van der Waals surface area contributed by atoms with Crippen molar-refractivity contribution in [3.8, 4) is 5.75 Å². The van der Waals surface area contributed by atoms with Crippen LogP contribution in [0.3, 0.4) is 0 Å². The molecule has 1 heterocycles. The molecule has 2 aromatic rings. The molecule has 3 rings (SSSR count). The summed E-state index contributed by atoms with van der Waals surface area (Å²) in [5.74, 6) is 0.0237. The van der Waals surface area contributed by atoms with Crippen LogP contribution in [0, 0.1) is 9.39 Å². The van der Waals surface area contributed by atoms with E-state index in [4.69, 9.17) is 4.74 Å². The third kappa shape index (κ3) is 3.49. The Morgan fingerprint density at radius 1 is 1.27 bits per heavy atom. The molecule has 0 spiro atoms. The number of carbonyl (C=O) groups is 1. The van der Waals surface area contributed by atoms with Gasteiger partial charge >= 0.3 is 0 Å². The first-order valence-corrected chi connectivity index (χ1v) is 7.92. The molecule has 1 N–H and O–H groups in total. The number of anilines is 2. The molecule has 0 aromatic heterocycles. The van der Waals surface area contributed by atoms with Crippen LogP contribution < -0.4 is 15.0 Å². The number of carbonyl (C=O) groups excluding carboxylic acids is 1. The van der Waals surface area contributed by atoms with Crippen LogP contribution in [0.2, 0.25) is 0 Å². The summed E-state index contributed by atoms with van der Waals surface area (Å²) >= 11 is 2.21. The molecule has 0 saturated carbocycles. The predicted octanol–water partition coefficient (Wildman–Crippen LogP) is 3.27. The van der Waals surface area contributed by atoms with Gasteiger partial charge in [-0.1, -0.05) is 0 Å². The Labute approximate surface area is 141 Å². The average molecular weight is 412 g/mol. The lowest BCUT2D eigenvalue weighted by molar-refractivity contribution is -0.115. The van der Waals surface area contributed by atoms with Crippen molar-refractivity contribution in [2.24, 2.45) is 0 Å². The second-order valence-corrected chi connectivity index (χ2v) is 6.18. The summed E-state index contributed by atoms with van der Waals surface area (Å²) < 4.78 is 19.8. The summed E-state index contributed by atoms with van der Waals surface area (Å²) in [6, 6.07) is 12.0. The van der Waals surface area contributed by atoms with Gasteiger partial charge < -0.3 is 15.0 Å². The van der Waals surface area contributed by atoms with Gasteiger partial charge in [0.25, 0.3) is 0 Å². The molecule has 0 radical (unpaired) electrons. The highest BCUT2D eigenvalue weighted by molar-refractivity contribution is 14.1. The van der Waals surface area contributed by atoms with Gasteiger partial charge in [-0.25, -0.2) is 4.39 Å². The van der Waals surface area contributed by atoms with Crippen molar-refractivity contribution in [1.82, 2.24) is 0 Å². The number of nitrogens with zero attached hydrogens (tertiary/aromatic N) is 1. The first kappa shape index (κ1) is 15.1. The number of amides is 1. The molecule has 0 bridgehead atoms. The number of rotatable bonds is 3. The Morgan fingerprint density at radius 2 is 2.05 bits per heavy atom. The van der Waals surface area contributed by atoms with Gasteiger partial charge in [0.15, 0.2) is 0 Å². The molecule has 0 atom stereocenters. The number of nitrogens with one attached hydrogen (secondary N) is 1. The van der Waals surface area contributed by atoms with Gasteiger partial charge in [0.2, 0.25) is 5.91 Å². The van der Waals surface area contributed by atoms with Crippen LogP contribution in [-0.2, 0) is 4.79 Å². The van der Waals surface area contributed by atoms with Gasteiger partial charge in [0.05, 0.1) is 18.8 Å². The normalized spacial score (nSPS) is 13.3. The van der Waals surface area contributed by atoms with Crippen LogP contribution in [0.25, 0.3) is 0 Å². The largest absolute Gasteiger partial charge is 0.489 e. The van der Waals surface area contributed by atoms with E-state index in [9.17, 15) is 9.18 Å². The van der Waals surface area contributed by atoms with Gasteiger partial charge in [0, 0.05) is 15.3 Å². The average Bonchev–Trinajstić information content (AvgIpc) is 2.49. The lowest BCUT2D eigenvalue weighted by Gasteiger charge is -2.30. The molecule has 1 aliphatic rings. The van der Waals surface area contributed by atoms with Crippen molar-refractivity contribution in [2.75, 3.05) is 29.9 Å². The van der Waals surface area contributed by atoms with Crippen molar-refractivity contribution < 1.29 is 13.9 Å². The fourth-order valence-corrected chi connectivity index (χ4v) is 2.68. The minimum absolute atomic E-state index is 0.113. The first-order chi connectivity index (χ1) is 10.6. The fraction of sp³-hybridized carbons (Fsp3) is 0.188. The highest BCUT2D eigenvalue weighted by atomic mass is 127. The van der Waals surface area contributed by atoms with Crippen molar-refractivity contribution in [3.05, 3.63) is 51.9 Å². The lowest BCUT2D eigenvalue weighted by Crippen LogP contribution is -2.38. The number of benzene rings is 2. The summed E-state index contributed by atoms with van der Waals surface area (Å²) in [7, 11) is 0. The molecule has 0 saturated heterocycles. The van der Waals surface area contributed by atoms with Crippen LogP contribution in [0.4, 0.5) is 15.8 Å². The molecule has 0 fully saturated rings. The number of hydrogen-bond donors (Lipinski definition) is 1. The van der Waals surface area contributed by atoms with E-state index in [1.54, 1.807) is 6.07 Å². The number of fused-ring (bicyclic) bond motifs is 1. The van der Waals surface area contributed by atoms with Crippen LogP contribution in [0.1, 0.15) is 0 Å². The highest BCUT2D eigenvalue weighted by Crippen LogP contribution is 2.31. The molecular formula is C16H14FIN2O2. The van der Waals surface area contributed by atoms with Gasteiger partial charge in [0.1, 0.15) is 18.2 Å². The summed E-state index contributed by atoms with van der Waals surface area (Å²) in [5, 5.41) is 2.86. The second kappa shape index (κ2) is 6.51. The molecule has 22 heavy (non-hydrogen) atoms. The number of halogens is 2. The molecule has 0 aliphatic carbocycles. The van der Waals surface area contributed by atoms with Crippen molar-refractivity contribution in [1.29, 1.82) is 0 Å². The number of hydrogen-bond acceptors (Lipinski definition) is 3. The zero-order chi connectivity index (χ0) is 15.5. The maximum Gasteiger partial charge on any atom is 0.243 e. The van der Waals surface area contributed by atoms with Gasteiger partial charge in [-0.05, 0) is 59.0 Å². The minimum Gasteiger partial charge on any atom is -0.489 e. The van der Waals surface area contributed by atoms with Crippen molar-refractivity contribution in [3.63, 3.8) is 0 Å². The Bertz CT molecular complexity index is 691. The standard InChI is InChI=1S/C16H14FIN2O2/c17-11-1-6-14-15(9-11)22-8-7-20(14)10-16(21)19-13-4-2-12(18)3-5-13/h1-6,9H,7-8,10H2,(H,19,21). The smallest absolute Gasteiger partial charge is 0.243 e. The monoisotopic (exact) mass is 412 g/mol. The molecule has 6 heteroatoms. The van der Waals surface area contributed by atoms with E-state index < -0.39 is 0 Å². The summed E-state index contributed by atoms with van der Waals surface area (Å²) in [6.45, 7) is 1.24. The molecule has 2 aromatic carbocycles. The Morgan fingerprint density at radius 3 is 2.82 bits per heavy atom. The summed E-state index contributed by atoms with van der Waals surface area (Å²) in [4.78, 5) is 14.1. The third-order valence-electron chi connectivity index (χ3n) is 3.34. The molecule has 1 aliphatic heterocycles. The zero-order valence-corrected chi connectivity index (χ0v) is 13.8. The van der Waals surface area contributed by atoms with E-state index in [0.717, 1.165) is 14.9 Å². The third-order valence-corrected chi connectivity index (χ3v) is 4.06. The predicted molar refractivity (Wildman–Crippen MR) is 91.9 cm³/mol. The Balaban J connectivity index is 1.69. The second-order valence-electron chi connectivity index (χ2n) is 4.94. The van der Waals surface area contributed by atoms with Gasteiger partial charge in [-0.3, -0.25) is 4.79 Å². The highest BCUT2D eigenvalue weighted by Gasteiger charge is 2.20. The van der Waals surface area contributed by atoms with E-state index in [1.807, 2.05) is 29.2 Å². The van der Waals surface area contributed by atoms with Crippen LogP contribution >= 0.6 is 22.6 Å². The summed E-state index contributed by atoms with van der Waals surface area (Å²) in [5.41, 5.74) is 1.50. The van der Waals surface area contributed by atoms with Gasteiger partial charge in [-0.15, -0.1) is 0 Å². The Hall–Kier alpha value is -1.83. The number of ether oxygens (including phenoxy) is 1. The fourth-order valence-electron chi connectivity index (χ4n) is 2.32. The molecular weight excluding hydrogens is 398 g/mol. The lowest BCUT2D eigenvalue weighted by atomic mass is 10.2. The minimum atomic E-state index is -0.344. The van der Waals surface area contributed by atoms with Crippen LogP contribution in [0.15, 0.2) is 42.5 Å². The van der Waals surface area contributed by atoms with E-state index >= 15 is 0 Å². The van der Waals surface area contributed by atoms with Crippen LogP contribution in [0.5, 0.6) is 5.75 Å². The van der Waals surface area contributed by atoms with E-state index in [-0.39, 0.29) is 18.3 Å². The molecule has 0 unspecified atom stereocenters. The van der Waals surface area contributed by atoms with E-state index in [0.29, 0.717) is 18.9 Å². The van der Waals surface area contributed by atoms with Crippen LogP contribution in [-0.4, -0.2) is 25.6 Å². The van der Waals surface area contributed by atoms with Crippen molar-refractivity contribution in [2.45, 2.75) is 0 Å². The van der Waals surface area contributed by atoms with Crippen molar-refractivity contribution >= 4 is 39.9 Å². The quantitative estimate of drug-likeness (QED) is 0.788. The molecule has 4 nitrogen and oxygen atoms in total. The van der Waals surface area contributed by atoms with E-state index in [1.165, 1.54) is 12.1 Å². The maximum atomic E-state index is 13.2. The molecule has 1 amide bonds. The Kier molecular flexibility index (Phi) is 4.47. The van der Waals surface area contributed by atoms with Gasteiger partial charge in [-0.2, -0.15) is 0 Å². The first-order valence-electron chi connectivity index (χ1n) is 6.84. The van der Waals surface area contributed by atoms with E-state index in [2.05, 4.69) is 27.9 Å². The molecule has 114 valence electrons. The zero-order valence-electron chi connectivity index (χ0n) is 11.7. The maximum absolute atomic E-state index is 13.2. The summed E-state index contributed by atoms with van der Waals surface area (Å²) in [6.07, 6.45) is 0. The SMILES string of the molecule is O=C(CN1CCOc2cc(F)ccc21)Nc1ccc(I)cc1.